The van der Waals surface area contributed by atoms with Gasteiger partial charge in [-0.05, 0) is 66.1 Å². The lowest BCUT2D eigenvalue weighted by atomic mass is 10.1. The summed E-state index contributed by atoms with van der Waals surface area (Å²) in [7, 11) is 0. The highest BCUT2D eigenvalue weighted by molar-refractivity contribution is 6.17. The van der Waals surface area contributed by atoms with E-state index in [0.29, 0.717) is 60.8 Å². The highest BCUT2D eigenvalue weighted by Crippen LogP contribution is 2.35. The third kappa shape index (κ3) is 11.8. The van der Waals surface area contributed by atoms with Crippen molar-refractivity contribution in [1.29, 1.82) is 0 Å². The lowest BCUT2D eigenvalue weighted by Crippen LogP contribution is -2.20. The maximum absolute atomic E-state index is 14.1. The van der Waals surface area contributed by atoms with Gasteiger partial charge in [0.05, 0.1) is 48.9 Å². The Hall–Kier alpha value is -3.62. The highest BCUT2D eigenvalue weighted by atomic mass is 35.5. The molecule has 0 aliphatic rings. The van der Waals surface area contributed by atoms with Gasteiger partial charge in [-0.3, -0.25) is 9.59 Å². The topological polar surface area (TPSA) is 95.1 Å². The second kappa shape index (κ2) is 20.0. The quantitative estimate of drug-likeness (QED) is 0.0900. The zero-order valence-electron chi connectivity index (χ0n) is 29.0. The highest BCUT2D eigenvalue weighted by Gasteiger charge is 2.24. The lowest BCUT2D eigenvalue weighted by molar-refractivity contribution is 0.102. The molecule has 0 bridgehead atoms. The molecular formula is C38H50Cl2N2O6. The Morgan fingerprint density at radius 2 is 1.02 bits per heavy atom. The number of carbonyl (C=O) groups is 2. The van der Waals surface area contributed by atoms with Gasteiger partial charge in [-0.2, -0.15) is 0 Å². The minimum atomic E-state index is -0.474. The van der Waals surface area contributed by atoms with Crippen LogP contribution in [0.2, 0.25) is 0 Å². The van der Waals surface area contributed by atoms with E-state index >= 15 is 0 Å². The van der Waals surface area contributed by atoms with Crippen molar-refractivity contribution in [2.24, 2.45) is 11.8 Å². The molecule has 0 aliphatic heterocycles. The molecule has 2 N–H and O–H groups in total. The predicted octanol–water partition coefficient (Wildman–Crippen LogP) is 10.1. The first-order valence-corrected chi connectivity index (χ1v) is 17.9. The van der Waals surface area contributed by atoms with E-state index in [4.69, 9.17) is 42.1 Å². The Morgan fingerprint density at radius 1 is 0.604 bits per heavy atom. The van der Waals surface area contributed by atoms with Crippen LogP contribution in [0, 0.1) is 11.8 Å². The van der Waals surface area contributed by atoms with Crippen LogP contribution in [0.15, 0.2) is 48.5 Å². The van der Waals surface area contributed by atoms with Crippen LogP contribution in [0.5, 0.6) is 23.0 Å². The Morgan fingerprint density at radius 3 is 1.38 bits per heavy atom. The fourth-order valence-corrected chi connectivity index (χ4v) is 4.80. The molecule has 0 unspecified atom stereocenters. The molecule has 3 rings (SSSR count). The molecule has 3 aromatic carbocycles. The van der Waals surface area contributed by atoms with Crippen LogP contribution in [0.4, 0.5) is 11.4 Å². The van der Waals surface area contributed by atoms with Gasteiger partial charge in [0.2, 0.25) is 0 Å². The monoisotopic (exact) mass is 700 g/mol. The number of carbonyl (C=O) groups excluding carboxylic acids is 2. The molecule has 0 atom stereocenters. The number of anilines is 2. The summed E-state index contributed by atoms with van der Waals surface area (Å²) in [5, 5.41) is 5.97. The zero-order chi connectivity index (χ0) is 35.1. The molecule has 0 fully saturated rings. The summed E-state index contributed by atoms with van der Waals surface area (Å²) >= 11 is 12.3. The third-order valence-corrected chi connectivity index (χ3v) is 7.74. The van der Waals surface area contributed by atoms with Crippen LogP contribution in [-0.2, 0) is 11.8 Å². The summed E-state index contributed by atoms with van der Waals surface area (Å²) in [5.74, 6) is 1.60. The summed E-state index contributed by atoms with van der Waals surface area (Å²) in [5.41, 5.74) is 2.92. The minimum absolute atomic E-state index is 0.169. The van der Waals surface area contributed by atoms with Crippen LogP contribution in [0.3, 0.4) is 0 Å². The van der Waals surface area contributed by atoms with Gasteiger partial charge >= 0.3 is 0 Å². The van der Waals surface area contributed by atoms with Crippen molar-refractivity contribution in [3.63, 3.8) is 0 Å². The fraction of sp³-hybridized carbons (Fsp3) is 0.474. The number of alkyl halides is 2. The van der Waals surface area contributed by atoms with Gasteiger partial charge in [0, 0.05) is 17.8 Å². The number of halogens is 2. The Balaban J connectivity index is 2.09. The lowest BCUT2D eigenvalue weighted by Gasteiger charge is -2.20. The summed E-state index contributed by atoms with van der Waals surface area (Å²) in [4.78, 5) is 28.1. The summed E-state index contributed by atoms with van der Waals surface area (Å²) in [6.45, 7) is 14.0. The van der Waals surface area contributed by atoms with Crippen molar-refractivity contribution in [3.05, 3.63) is 70.8 Å². The second-order valence-corrected chi connectivity index (χ2v) is 13.0. The minimum Gasteiger partial charge on any atom is -0.492 e. The van der Waals surface area contributed by atoms with Crippen molar-refractivity contribution in [1.82, 2.24) is 0 Å². The van der Waals surface area contributed by atoms with Crippen molar-refractivity contribution in [3.8, 4) is 23.0 Å². The molecular weight excluding hydrogens is 651 g/mol. The molecule has 2 amide bonds. The molecule has 8 nitrogen and oxygen atoms in total. The molecule has 0 spiro atoms. The molecule has 0 aromatic heterocycles. The molecule has 0 saturated heterocycles. The number of benzene rings is 3. The maximum Gasteiger partial charge on any atom is 0.259 e. The van der Waals surface area contributed by atoms with Gasteiger partial charge in [-0.1, -0.05) is 66.5 Å². The predicted molar refractivity (Wildman–Crippen MR) is 196 cm³/mol. The molecule has 0 saturated carbocycles. The van der Waals surface area contributed by atoms with Crippen LogP contribution in [0.1, 0.15) is 99.1 Å². The van der Waals surface area contributed by atoms with Gasteiger partial charge in [0.25, 0.3) is 11.8 Å². The van der Waals surface area contributed by atoms with E-state index in [-0.39, 0.29) is 34.7 Å². The molecule has 262 valence electrons. The van der Waals surface area contributed by atoms with Crippen LogP contribution < -0.4 is 29.6 Å². The average Bonchev–Trinajstić information content (AvgIpc) is 3.07. The largest absolute Gasteiger partial charge is 0.492 e. The van der Waals surface area contributed by atoms with Crippen molar-refractivity contribution in [2.75, 3.05) is 37.1 Å². The van der Waals surface area contributed by atoms with E-state index in [2.05, 4.69) is 24.5 Å². The molecule has 0 aliphatic carbocycles. The Labute approximate surface area is 295 Å². The van der Waals surface area contributed by atoms with Crippen LogP contribution >= 0.6 is 23.2 Å². The second-order valence-electron chi connectivity index (χ2n) is 12.5. The van der Waals surface area contributed by atoms with E-state index in [1.807, 2.05) is 39.8 Å². The van der Waals surface area contributed by atoms with Gasteiger partial charge in [0.1, 0.15) is 23.0 Å². The number of rotatable bonds is 20. The molecule has 48 heavy (non-hydrogen) atoms. The third-order valence-electron chi connectivity index (χ3n) is 7.12. The van der Waals surface area contributed by atoms with E-state index in [1.165, 1.54) is 6.07 Å². The first-order valence-electron chi connectivity index (χ1n) is 16.8. The summed E-state index contributed by atoms with van der Waals surface area (Å²) in [6, 6.07) is 14.1. The SMILES string of the molecule is CCCCOc1ccc(CCl)cc1NC(=O)c1cc(C(=O)Nc2cc(CCl)ccc2OCCCC)c(OCC(C)C)cc1OCC(C)C. The zero-order valence-corrected chi connectivity index (χ0v) is 30.6. The number of unbranched alkanes of at least 4 members (excludes halogenated alkanes) is 2. The molecule has 10 heteroatoms. The number of hydrogen-bond acceptors (Lipinski definition) is 6. The van der Waals surface area contributed by atoms with E-state index in [9.17, 15) is 9.59 Å². The average molecular weight is 702 g/mol. The Bertz CT molecular complexity index is 1390. The standard InChI is InChI=1S/C38H50Cl2N2O6/c1-7-9-15-45-33-13-11-27(21-39)17-31(33)41-37(43)29-19-30(36(48-24-26(5)6)20-35(29)47-23-25(3)4)38(44)42-32-18-28(22-40)12-14-34(32)46-16-10-8-2/h11-14,17-20,25-26H,7-10,15-16,21-24H2,1-6H3,(H,41,43)(H,42,44). The van der Waals surface area contributed by atoms with Crippen molar-refractivity contribution >= 4 is 46.4 Å². The van der Waals surface area contributed by atoms with Crippen LogP contribution in [0.25, 0.3) is 0 Å². The summed E-state index contributed by atoms with van der Waals surface area (Å²) < 4.78 is 24.3. The fourth-order valence-electron chi connectivity index (χ4n) is 4.47. The Kier molecular flexibility index (Phi) is 16.2. The molecule has 0 radical (unpaired) electrons. The van der Waals surface area contributed by atoms with E-state index in [1.54, 1.807) is 30.3 Å². The normalized spacial score (nSPS) is 11.0. The van der Waals surface area contributed by atoms with Crippen molar-refractivity contribution < 1.29 is 28.5 Å². The number of hydrogen-bond donors (Lipinski definition) is 2. The summed E-state index contributed by atoms with van der Waals surface area (Å²) in [6.07, 6.45) is 3.67. The van der Waals surface area contributed by atoms with Gasteiger partial charge in [-0.25, -0.2) is 0 Å². The van der Waals surface area contributed by atoms with Gasteiger partial charge < -0.3 is 29.6 Å². The number of amides is 2. The smallest absolute Gasteiger partial charge is 0.259 e. The first kappa shape index (κ1) is 38.8. The van der Waals surface area contributed by atoms with Gasteiger partial charge in [-0.15, -0.1) is 23.2 Å². The van der Waals surface area contributed by atoms with Gasteiger partial charge in [0.15, 0.2) is 0 Å². The van der Waals surface area contributed by atoms with E-state index in [0.717, 1.165) is 36.8 Å². The number of nitrogens with one attached hydrogen (secondary N) is 2. The molecule has 3 aromatic rings. The number of ether oxygens (including phenoxy) is 4. The maximum atomic E-state index is 14.1. The van der Waals surface area contributed by atoms with Crippen molar-refractivity contribution in [2.45, 2.75) is 79.0 Å². The molecule has 0 heterocycles. The van der Waals surface area contributed by atoms with E-state index < -0.39 is 11.8 Å². The first-order chi connectivity index (χ1) is 23.1. The van der Waals surface area contributed by atoms with Crippen LogP contribution in [-0.4, -0.2) is 38.2 Å².